The fourth-order valence-corrected chi connectivity index (χ4v) is 5.74. The van der Waals surface area contributed by atoms with Crippen molar-refractivity contribution >= 4 is 33.0 Å². The summed E-state index contributed by atoms with van der Waals surface area (Å²) in [6, 6.07) is 14.6. The fraction of sp³-hybridized carbons (Fsp3) is 0.321. The third-order valence-electron chi connectivity index (χ3n) is 6.74. The normalized spacial score (nSPS) is 14.2. The zero-order valence-electron chi connectivity index (χ0n) is 20.7. The van der Waals surface area contributed by atoms with E-state index < -0.39 is 9.84 Å². The molecule has 190 valence electrons. The van der Waals surface area contributed by atoms with Crippen LogP contribution >= 0.6 is 11.6 Å². The second kappa shape index (κ2) is 10.6. The molecule has 0 aromatic heterocycles. The summed E-state index contributed by atoms with van der Waals surface area (Å²) >= 11 is 6.57. The number of aryl methyl sites for hydroxylation is 1. The van der Waals surface area contributed by atoms with Crippen LogP contribution in [0.3, 0.4) is 0 Å². The fourth-order valence-electron chi connectivity index (χ4n) is 4.72. The number of piperazine rings is 1. The van der Waals surface area contributed by atoms with Crippen LogP contribution in [0.1, 0.15) is 35.3 Å². The molecule has 0 aliphatic carbocycles. The van der Waals surface area contributed by atoms with E-state index >= 15 is 0 Å². The molecule has 0 saturated carbocycles. The highest BCUT2D eigenvalue weighted by molar-refractivity contribution is 7.90. The Morgan fingerprint density at radius 1 is 0.944 bits per heavy atom. The summed E-state index contributed by atoms with van der Waals surface area (Å²) in [6.07, 6.45) is 2.90. The Labute approximate surface area is 217 Å². The van der Waals surface area contributed by atoms with Crippen molar-refractivity contribution in [3.8, 4) is 11.1 Å². The predicted molar refractivity (Wildman–Crippen MR) is 143 cm³/mol. The van der Waals surface area contributed by atoms with Gasteiger partial charge in [-0.3, -0.25) is 4.79 Å². The lowest BCUT2D eigenvalue weighted by Crippen LogP contribution is -2.49. The number of sulfone groups is 1. The van der Waals surface area contributed by atoms with Gasteiger partial charge in [0.1, 0.15) is 5.82 Å². The van der Waals surface area contributed by atoms with Crippen LogP contribution in [0.4, 0.5) is 10.1 Å². The van der Waals surface area contributed by atoms with E-state index in [1.54, 1.807) is 23.1 Å². The highest BCUT2D eigenvalue weighted by Gasteiger charge is 2.26. The molecule has 3 aromatic rings. The zero-order chi connectivity index (χ0) is 26.0. The van der Waals surface area contributed by atoms with Crippen LogP contribution in [0.15, 0.2) is 59.5 Å². The van der Waals surface area contributed by atoms with Gasteiger partial charge >= 0.3 is 0 Å². The molecule has 1 amide bonds. The van der Waals surface area contributed by atoms with Crippen molar-refractivity contribution < 1.29 is 17.6 Å². The molecule has 5 nitrogen and oxygen atoms in total. The molecule has 0 unspecified atom stereocenters. The number of rotatable bonds is 6. The third-order valence-corrected chi connectivity index (χ3v) is 8.19. The van der Waals surface area contributed by atoms with Gasteiger partial charge < -0.3 is 9.80 Å². The van der Waals surface area contributed by atoms with Gasteiger partial charge in [0.25, 0.3) is 5.91 Å². The molecular weight excluding hydrogens is 499 g/mol. The second-order valence-corrected chi connectivity index (χ2v) is 11.5. The molecule has 1 saturated heterocycles. The summed E-state index contributed by atoms with van der Waals surface area (Å²) in [7, 11) is -3.51. The average Bonchev–Trinajstić information content (AvgIpc) is 2.87. The Morgan fingerprint density at radius 2 is 1.61 bits per heavy atom. The van der Waals surface area contributed by atoms with E-state index in [1.807, 2.05) is 6.07 Å². The molecule has 36 heavy (non-hydrogen) atoms. The Balaban J connectivity index is 1.60. The molecule has 1 aliphatic heterocycles. The second-order valence-electron chi connectivity index (χ2n) is 9.04. The zero-order valence-corrected chi connectivity index (χ0v) is 22.3. The average molecular weight is 529 g/mol. The molecule has 1 fully saturated rings. The summed E-state index contributed by atoms with van der Waals surface area (Å²) in [5, 5.41) is 0.770. The first-order valence-electron chi connectivity index (χ1n) is 12.1. The van der Waals surface area contributed by atoms with Gasteiger partial charge in [-0.1, -0.05) is 43.6 Å². The monoisotopic (exact) mass is 528 g/mol. The van der Waals surface area contributed by atoms with Crippen LogP contribution in [0, 0.1) is 5.82 Å². The first-order chi connectivity index (χ1) is 17.1. The summed E-state index contributed by atoms with van der Waals surface area (Å²) in [5.41, 5.74) is 4.98. The first-order valence-corrected chi connectivity index (χ1v) is 14.3. The summed E-state index contributed by atoms with van der Waals surface area (Å²) in [4.78, 5) is 17.7. The summed E-state index contributed by atoms with van der Waals surface area (Å²) in [6.45, 7) is 6.46. The van der Waals surface area contributed by atoms with Gasteiger partial charge in [0, 0.05) is 48.7 Å². The van der Waals surface area contributed by atoms with Crippen LogP contribution in [-0.4, -0.2) is 51.7 Å². The molecule has 1 heterocycles. The van der Waals surface area contributed by atoms with Crippen LogP contribution in [0.2, 0.25) is 5.02 Å². The van der Waals surface area contributed by atoms with E-state index in [1.165, 1.54) is 35.4 Å². The summed E-state index contributed by atoms with van der Waals surface area (Å²) < 4.78 is 37.9. The topological polar surface area (TPSA) is 57.7 Å². The van der Waals surface area contributed by atoms with Crippen LogP contribution in [0.5, 0.6) is 0 Å². The first kappa shape index (κ1) is 26.2. The number of carbonyl (C=O) groups is 1. The van der Waals surface area contributed by atoms with Crippen molar-refractivity contribution in [3.05, 3.63) is 82.1 Å². The molecule has 0 radical (unpaired) electrons. The molecule has 3 aromatic carbocycles. The van der Waals surface area contributed by atoms with Crippen LogP contribution < -0.4 is 4.90 Å². The van der Waals surface area contributed by atoms with E-state index in [-0.39, 0.29) is 16.6 Å². The van der Waals surface area contributed by atoms with Crippen molar-refractivity contribution in [2.24, 2.45) is 0 Å². The Morgan fingerprint density at radius 3 is 2.19 bits per heavy atom. The number of hydrogen-bond donors (Lipinski definition) is 0. The molecule has 4 rings (SSSR count). The van der Waals surface area contributed by atoms with Gasteiger partial charge in [-0.15, -0.1) is 0 Å². The minimum Gasteiger partial charge on any atom is -0.368 e. The smallest absolute Gasteiger partial charge is 0.254 e. The lowest BCUT2D eigenvalue weighted by Gasteiger charge is -2.37. The number of amides is 1. The Hall–Kier alpha value is -2.90. The number of hydrogen-bond acceptors (Lipinski definition) is 4. The van der Waals surface area contributed by atoms with Gasteiger partial charge in [-0.25, -0.2) is 12.8 Å². The minimum atomic E-state index is -3.51. The van der Waals surface area contributed by atoms with Crippen LogP contribution in [0.25, 0.3) is 11.1 Å². The third kappa shape index (κ3) is 5.42. The highest BCUT2D eigenvalue weighted by atomic mass is 35.5. The largest absolute Gasteiger partial charge is 0.368 e. The molecule has 0 spiro atoms. The standard InChI is InChI=1S/C28H30ClFN2O3S/c1-4-19-16-22(17-27(29)24(19)5-2)31-12-14-32(15-13-31)28(33)26-18-23(36(3,34)35)10-11-25(26)20-6-8-21(30)9-7-20/h6-11,16-18H,4-5,12-15H2,1-3H3. The van der Waals surface area contributed by atoms with Gasteiger partial charge in [0.2, 0.25) is 0 Å². The quantitative estimate of drug-likeness (QED) is 0.415. The van der Waals surface area contributed by atoms with Gasteiger partial charge in [-0.2, -0.15) is 0 Å². The number of carbonyl (C=O) groups excluding carboxylic acids is 1. The SMILES string of the molecule is CCc1cc(N2CCN(C(=O)c3cc(S(C)(=O)=O)ccc3-c3ccc(F)cc3)CC2)cc(Cl)c1CC. The number of benzene rings is 3. The lowest BCUT2D eigenvalue weighted by atomic mass is 9.98. The maximum Gasteiger partial charge on any atom is 0.254 e. The van der Waals surface area contributed by atoms with Crippen LogP contribution in [-0.2, 0) is 22.7 Å². The van der Waals surface area contributed by atoms with Gasteiger partial charge in [-0.05, 0) is 71.5 Å². The molecular formula is C28H30ClFN2O3S. The van der Waals surface area contributed by atoms with Crippen molar-refractivity contribution in [1.82, 2.24) is 4.90 Å². The highest BCUT2D eigenvalue weighted by Crippen LogP contribution is 2.31. The lowest BCUT2D eigenvalue weighted by molar-refractivity contribution is 0.0747. The van der Waals surface area contributed by atoms with E-state index in [0.29, 0.717) is 42.9 Å². The maximum atomic E-state index is 13.6. The Bertz CT molecular complexity index is 1380. The predicted octanol–water partition coefficient (Wildman–Crippen LogP) is 5.64. The van der Waals surface area contributed by atoms with Crippen molar-refractivity contribution in [3.63, 3.8) is 0 Å². The minimum absolute atomic E-state index is 0.0769. The van der Waals surface area contributed by atoms with Gasteiger partial charge in [0.05, 0.1) is 4.90 Å². The van der Waals surface area contributed by atoms with E-state index in [0.717, 1.165) is 29.8 Å². The molecule has 8 heteroatoms. The van der Waals surface area contributed by atoms with Gasteiger partial charge in [0.15, 0.2) is 9.84 Å². The number of anilines is 1. The van der Waals surface area contributed by atoms with Crippen molar-refractivity contribution in [1.29, 1.82) is 0 Å². The van der Waals surface area contributed by atoms with Crippen molar-refractivity contribution in [2.75, 3.05) is 37.3 Å². The van der Waals surface area contributed by atoms with E-state index in [2.05, 4.69) is 24.8 Å². The van der Waals surface area contributed by atoms with E-state index in [4.69, 9.17) is 11.6 Å². The summed E-state index contributed by atoms with van der Waals surface area (Å²) in [5.74, 6) is -0.623. The number of nitrogens with zero attached hydrogens (tertiary/aromatic N) is 2. The number of halogens is 2. The molecule has 0 bridgehead atoms. The molecule has 1 aliphatic rings. The Kier molecular flexibility index (Phi) is 7.71. The maximum absolute atomic E-state index is 13.6. The van der Waals surface area contributed by atoms with E-state index in [9.17, 15) is 17.6 Å². The molecule has 0 atom stereocenters. The van der Waals surface area contributed by atoms with Crippen molar-refractivity contribution in [2.45, 2.75) is 31.6 Å². The molecule has 0 N–H and O–H groups in total.